The average molecular weight is 458 g/mol. The minimum atomic E-state index is -0.146. The van der Waals surface area contributed by atoms with Crippen molar-refractivity contribution in [2.75, 3.05) is 0 Å². The normalized spacial score (nSPS) is 11.8. The molecule has 1 aromatic heterocycles. The van der Waals surface area contributed by atoms with E-state index in [4.69, 9.17) is 16.6 Å². The summed E-state index contributed by atoms with van der Waals surface area (Å²) in [6.07, 6.45) is 2.97. The topological polar surface area (TPSA) is 46.9 Å². The monoisotopic (exact) mass is 457 g/mol. The maximum atomic E-state index is 13.7. The Kier molecular flexibility index (Phi) is 7.26. The zero-order chi connectivity index (χ0) is 23.2. The molecular weight excluding hydrogens is 430 g/mol. The Morgan fingerprint density at radius 3 is 2.30 bits per heavy atom. The lowest BCUT2D eigenvalue weighted by molar-refractivity contribution is 0.0926. The van der Waals surface area contributed by atoms with Gasteiger partial charge in [0, 0.05) is 23.2 Å². The van der Waals surface area contributed by atoms with Crippen LogP contribution in [-0.4, -0.2) is 15.5 Å². The van der Waals surface area contributed by atoms with Crippen LogP contribution in [0.1, 0.15) is 48.3 Å². The maximum Gasteiger partial charge on any atom is 0.270 e. The number of nitrogens with one attached hydrogen (secondary N) is 1. The summed E-state index contributed by atoms with van der Waals surface area (Å²) in [7, 11) is 1.89. The second-order valence-corrected chi connectivity index (χ2v) is 8.58. The summed E-state index contributed by atoms with van der Waals surface area (Å²) in [6.45, 7) is 2.16. The second kappa shape index (κ2) is 10.5. The van der Waals surface area contributed by atoms with Crippen molar-refractivity contribution in [1.29, 1.82) is 0 Å². The predicted octanol–water partition coefficient (Wildman–Crippen LogP) is 7.07. The van der Waals surface area contributed by atoms with E-state index in [0.29, 0.717) is 16.4 Å². The van der Waals surface area contributed by atoms with Gasteiger partial charge in [0.25, 0.3) is 5.91 Å². The number of unbranched alkanes of at least 4 members (excludes halogenated alkanes) is 1. The van der Waals surface area contributed by atoms with Gasteiger partial charge in [-0.25, -0.2) is 4.98 Å². The van der Waals surface area contributed by atoms with Gasteiger partial charge >= 0.3 is 0 Å². The molecule has 5 heteroatoms. The fourth-order valence-corrected chi connectivity index (χ4v) is 4.27. The zero-order valence-corrected chi connectivity index (χ0v) is 19.7. The van der Waals surface area contributed by atoms with Gasteiger partial charge in [-0.1, -0.05) is 104 Å². The number of halogens is 1. The highest BCUT2D eigenvalue weighted by atomic mass is 35.5. The van der Waals surface area contributed by atoms with E-state index in [9.17, 15) is 4.79 Å². The fraction of sp³-hybridized carbons (Fsp3) is 0.214. The number of imidazole rings is 1. The van der Waals surface area contributed by atoms with Crippen LogP contribution in [-0.2, 0) is 7.05 Å². The number of rotatable bonds is 8. The van der Waals surface area contributed by atoms with Gasteiger partial charge in [0.1, 0.15) is 17.2 Å². The van der Waals surface area contributed by atoms with Crippen molar-refractivity contribution < 1.29 is 4.79 Å². The molecule has 1 heterocycles. The highest BCUT2D eigenvalue weighted by Gasteiger charge is 2.25. The van der Waals surface area contributed by atoms with Crippen LogP contribution < -0.4 is 5.32 Å². The maximum absolute atomic E-state index is 13.7. The first-order chi connectivity index (χ1) is 16.1. The summed E-state index contributed by atoms with van der Waals surface area (Å²) in [5.41, 5.74) is 4.02. The molecule has 4 nitrogen and oxygen atoms in total. The first kappa shape index (κ1) is 22.8. The summed E-state index contributed by atoms with van der Waals surface area (Å²) in [5, 5.41) is 3.89. The number of benzene rings is 3. The molecule has 0 aliphatic carbocycles. The van der Waals surface area contributed by atoms with Gasteiger partial charge in [-0.3, -0.25) is 4.79 Å². The molecule has 1 unspecified atom stereocenters. The molecule has 0 bridgehead atoms. The number of amides is 1. The van der Waals surface area contributed by atoms with Gasteiger partial charge in [-0.2, -0.15) is 0 Å². The molecule has 0 aliphatic heterocycles. The molecule has 168 valence electrons. The van der Waals surface area contributed by atoms with E-state index >= 15 is 0 Å². The van der Waals surface area contributed by atoms with Gasteiger partial charge in [0.2, 0.25) is 0 Å². The van der Waals surface area contributed by atoms with Crippen LogP contribution in [0.15, 0.2) is 84.9 Å². The third-order valence-electron chi connectivity index (χ3n) is 5.79. The SMILES string of the molecule is CCCCC(NC(=O)c1c(-c2cccc(Cl)c2)nc(-c2ccccc2)n1C)c1ccccc1. The number of aromatic nitrogens is 2. The van der Waals surface area contributed by atoms with E-state index in [1.165, 1.54) is 0 Å². The Morgan fingerprint density at radius 1 is 0.970 bits per heavy atom. The van der Waals surface area contributed by atoms with E-state index in [0.717, 1.165) is 41.8 Å². The molecule has 0 aliphatic rings. The number of hydrogen-bond donors (Lipinski definition) is 1. The van der Waals surface area contributed by atoms with E-state index < -0.39 is 0 Å². The van der Waals surface area contributed by atoms with Gasteiger partial charge in [-0.05, 0) is 24.1 Å². The molecule has 1 amide bonds. The van der Waals surface area contributed by atoms with Crippen LogP contribution in [0.5, 0.6) is 0 Å². The van der Waals surface area contributed by atoms with Crippen LogP contribution >= 0.6 is 11.6 Å². The molecule has 0 radical (unpaired) electrons. The third kappa shape index (κ3) is 5.18. The summed E-state index contributed by atoms with van der Waals surface area (Å²) >= 11 is 6.28. The molecule has 1 atom stereocenters. The van der Waals surface area contributed by atoms with Crippen molar-refractivity contribution in [2.45, 2.75) is 32.2 Å². The highest BCUT2D eigenvalue weighted by Crippen LogP contribution is 2.31. The lowest BCUT2D eigenvalue weighted by Crippen LogP contribution is -2.30. The van der Waals surface area contributed by atoms with Crippen LogP contribution in [0.4, 0.5) is 0 Å². The molecule has 0 saturated heterocycles. The van der Waals surface area contributed by atoms with Crippen molar-refractivity contribution in [2.24, 2.45) is 7.05 Å². The summed E-state index contributed by atoms with van der Waals surface area (Å²) in [6, 6.07) is 27.5. The van der Waals surface area contributed by atoms with Gasteiger partial charge in [0.15, 0.2) is 0 Å². The average Bonchev–Trinajstić information content (AvgIpc) is 3.20. The third-order valence-corrected chi connectivity index (χ3v) is 6.03. The number of carbonyl (C=O) groups is 1. The van der Waals surface area contributed by atoms with E-state index in [2.05, 4.69) is 24.4 Å². The van der Waals surface area contributed by atoms with E-state index in [-0.39, 0.29) is 11.9 Å². The Hall–Kier alpha value is -3.37. The minimum Gasteiger partial charge on any atom is -0.344 e. The van der Waals surface area contributed by atoms with Gasteiger partial charge in [-0.15, -0.1) is 0 Å². The molecule has 0 fully saturated rings. The summed E-state index contributed by atoms with van der Waals surface area (Å²) in [4.78, 5) is 18.6. The molecular formula is C28H28ClN3O. The fourth-order valence-electron chi connectivity index (χ4n) is 4.08. The molecule has 0 saturated carbocycles. The standard InChI is InChI=1S/C28H28ClN3O/c1-3-4-18-24(20-12-7-5-8-13-20)30-28(33)26-25(22-16-11-17-23(29)19-22)31-27(32(26)2)21-14-9-6-10-15-21/h5-17,19,24H,3-4,18H2,1-2H3,(H,30,33). The number of carbonyl (C=O) groups excluding carboxylic acids is 1. The van der Waals surface area contributed by atoms with Crippen LogP contribution in [0.25, 0.3) is 22.6 Å². The molecule has 0 spiro atoms. The van der Waals surface area contributed by atoms with Gasteiger partial charge < -0.3 is 9.88 Å². The highest BCUT2D eigenvalue weighted by molar-refractivity contribution is 6.30. The van der Waals surface area contributed by atoms with Crippen LogP contribution in [0.3, 0.4) is 0 Å². The lowest BCUT2D eigenvalue weighted by Gasteiger charge is -2.20. The molecule has 4 rings (SSSR count). The summed E-state index contributed by atoms with van der Waals surface area (Å²) in [5.74, 6) is 0.590. The van der Waals surface area contributed by atoms with Crippen molar-refractivity contribution in [3.05, 3.63) is 101 Å². The smallest absolute Gasteiger partial charge is 0.270 e. The van der Waals surface area contributed by atoms with Crippen LogP contribution in [0.2, 0.25) is 5.02 Å². The molecule has 33 heavy (non-hydrogen) atoms. The first-order valence-electron chi connectivity index (χ1n) is 11.3. The summed E-state index contributed by atoms with van der Waals surface area (Å²) < 4.78 is 1.88. The van der Waals surface area contributed by atoms with Crippen molar-refractivity contribution in [1.82, 2.24) is 14.9 Å². The second-order valence-electron chi connectivity index (χ2n) is 8.15. The minimum absolute atomic E-state index is 0.0686. The predicted molar refractivity (Wildman–Crippen MR) is 135 cm³/mol. The largest absolute Gasteiger partial charge is 0.344 e. The molecule has 3 aromatic carbocycles. The number of nitrogens with zero attached hydrogens (tertiary/aromatic N) is 2. The zero-order valence-electron chi connectivity index (χ0n) is 19.0. The Morgan fingerprint density at radius 2 is 1.64 bits per heavy atom. The van der Waals surface area contributed by atoms with E-state index in [1.54, 1.807) is 0 Å². The van der Waals surface area contributed by atoms with Gasteiger partial charge in [0.05, 0.1) is 6.04 Å². The molecule has 1 N–H and O–H groups in total. The van der Waals surface area contributed by atoms with Crippen molar-refractivity contribution >= 4 is 17.5 Å². The Balaban J connectivity index is 1.77. The quantitative estimate of drug-likeness (QED) is 0.307. The van der Waals surface area contributed by atoms with Crippen molar-refractivity contribution in [3.8, 4) is 22.6 Å². The van der Waals surface area contributed by atoms with Crippen LogP contribution in [0, 0.1) is 0 Å². The molecule has 4 aromatic rings. The number of hydrogen-bond acceptors (Lipinski definition) is 2. The Labute approximate surface area is 200 Å². The first-order valence-corrected chi connectivity index (χ1v) is 11.7. The van der Waals surface area contributed by atoms with Crippen molar-refractivity contribution in [3.63, 3.8) is 0 Å². The Bertz CT molecular complexity index is 1220. The lowest BCUT2D eigenvalue weighted by atomic mass is 10.0. The van der Waals surface area contributed by atoms with E-state index in [1.807, 2.05) is 84.4 Å².